The van der Waals surface area contributed by atoms with Gasteiger partial charge in [-0.2, -0.15) is 0 Å². The van der Waals surface area contributed by atoms with Crippen LogP contribution in [0.4, 0.5) is 0 Å². The molecule has 0 fully saturated rings. The molecule has 0 N–H and O–H groups in total. The second-order valence-corrected chi connectivity index (χ2v) is 4.29. The molecular formula is C12H15ClO. The summed E-state index contributed by atoms with van der Waals surface area (Å²) in [5, 5.41) is 0.755. The molecule has 76 valence electrons. The molecule has 0 unspecified atom stereocenters. The summed E-state index contributed by atoms with van der Waals surface area (Å²) in [5.74, 6) is 0.373. The van der Waals surface area contributed by atoms with Crippen molar-refractivity contribution in [2.24, 2.45) is 5.92 Å². The number of hydrogen-bond donors (Lipinski definition) is 0. The quantitative estimate of drug-likeness (QED) is 0.747. The summed E-state index contributed by atoms with van der Waals surface area (Å²) < 4.78 is 0. The number of halogens is 1. The minimum atomic E-state index is 0.103. The van der Waals surface area contributed by atoms with Gasteiger partial charge in [-0.25, -0.2) is 0 Å². The number of Topliss-reactive ketones (excluding diaryl/α,β-unsaturated/α-hetero) is 1. The zero-order valence-electron chi connectivity index (χ0n) is 8.80. The first-order chi connectivity index (χ1) is 6.50. The SMILES string of the molecule is Cc1cc(CC(=O)C(C)C)ccc1Cl. The molecule has 0 aliphatic heterocycles. The third-order valence-corrected chi connectivity index (χ3v) is 2.67. The van der Waals surface area contributed by atoms with E-state index in [0.717, 1.165) is 16.1 Å². The van der Waals surface area contributed by atoms with E-state index in [-0.39, 0.29) is 11.7 Å². The van der Waals surface area contributed by atoms with Gasteiger partial charge in [0.1, 0.15) is 5.78 Å². The second kappa shape index (κ2) is 4.61. The van der Waals surface area contributed by atoms with E-state index < -0.39 is 0 Å². The Balaban J connectivity index is 2.78. The highest BCUT2D eigenvalue weighted by molar-refractivity contribution is 6.31. The van der Waals surface area contributed by atoms with Crippen molar-refractivity contribution in [3.63, 3.8) is 0 Å². The van der Waals surface area contributed by atoms with Crippen LogP contribution in [-0.4, -0.2) is 5.78 Å². The molecule has 0 aliphatic rings. The van der Waals surface area contributed by atoms with E-state index >= 15 is 0 Å². The van der Waals surface area contributed by atoms with E-state index in [2.05, 4.69) is 0 Å². The molecular weight excluding hydrogens is 196 g/mol. The Hall–Kier alpha value is -0.820. The number of carbonyl (C=O) groups excluding carboxylic acids is 1. The molecule has 0 bridgehead atoms. The van der Waals surface area contributed by atoms with Crippen LogP contribution < -0.4 is 0 Å². The highest BCUT2D eigenvalue weighted by Crippen LogP contribution is 2.17. The molecule has 0 aliphatic carbocycles. The maximum atomic E-state index is 11.5. The van der Waals surface area contributed by atoms with Crippen molar-refractivity contribution in [2.75, 3.05) is 0 Å². The average molecular weight is 211 g/mol. The molecule has 0 atom stereocenters. The van der Waals surface area contributed by atoms with Gasteiger partial charge < -0.3 is 0 Å². The Kier molecular flexibility index (Phi) is 3.70. The first kappa shape index (κ1) is 11.3. The normalized spacial score (nSPS) is 10.6. The van der Waals surface area contributed by atoms with E-state index in [4.69, 9.17) is 11.6 Å². The molecule has 0 saturated carbocycles. The van der Waals surface area contributed by atoms with Crippen molar-refractivity contribution < 1.29 is 4.79 Å². The van der Waals surface area contributed by atoms with Gasteiger partial charge in [0.2, 0.25) is 0 Å². The van der Waals surface area contributed by atoms with E-state index in [1.165, 1.54) is 0 Å². The molecule has 0 heterocycles. The smallest absolute Gasteiger partial charge is 0.139 e. The van der Waals surface area contributed by atoms with Crippen LogP contribution in [0.3, 0.4) is 0 Å². The van der Waals surface area contributed by atoms with Crippen LogP contribution in [0, 0.1) is 12.8 Å². The van der Waals surface area contributed by atoms with Gasteiger partial charge in [0.15, 0.2) is 0 Å². The largest absolute Gasteiger partial charge is 0.299 e. The van der Waals surface area contributed by atoms with E-state index in [9.17, 15) is 4.79 Å². The molecule has 1 aromatic rings. The number of aryl methyl sites for hydroxylation is 1. The minimum absolute atomic E-state index is 0.103. The van der Waals surface area contributed by atoms with Gasteiger partial charge in [-0.05, 0) is 24.1 Å². The molecule has 0 amide bonds. The highest BCUT2D eigenvalue weighted by Gasteiger charge is 2.08. The van der Waals surface area contributed by atoms with Crippen LogP contribution in [-0.2, 0) is 11.2 Å². The molecule has 0 radical (unpaired) electrons. The van der Waals surface area contributed by atoms with Crippen LogP contribution in [0.2, 0.25) is 5.02 Å². The summed E-state index contributed by atoms with van der Waals surface area (Å²) >= 11 is 5.89. The fraction of sp³-hybridized carbons (Fsp3) is 0.417. The van der Waals surface area contributed by atoms with Gasteiger partial charge >= 0.3 is 0 Å². The molecule has 14 heavy (non-hydrogen) atoms. The third-order valence-electron chi connectivity index (χ3n) is 2.24. The Labute approximate surface area is 90.1 Å². The average Bonchev–Trinajstić information content (AvgIpc) is 2.11. The van der Waals surface area contributed by atoms with Crippen LogP contribution in [0.25, 0.3) is 0 Å². The molecule has 2 heteroatoms. The van der Waals surface area contributed by atoms with E-state index in [0.29, 0.717) is 6.42 Å². The van der Waals surface area contributed by atoms with Gasteiger partial charge in [-0.3, -0.25) is 4.79 Å². The lowest BCUT2D eigenvalue weighted by Crippen LogP contribution is -2.10. The van der Waals surface area contributed by atoms with Crippen molar-refractivity contribution in [2.45, 2.75) is 27.2 Å². The Bertz CT molecular complexity index is 342. The standard InChI is InChI=1S/C12H15ClO/c1-8(2)12(14)7-10-4-5-11(13)9(3)6-10/h4-6,8H,7H2,1-3H3. The molecule has 0 spiro atoms. The molecule has 1 nitrogen and oxygen atoms in total. The maximum Gasteiger partial charge on any atom is 0.139 e. The third kappa shape index (κ3) is 2.85. The molecule has 1 aromatic carbocycles. The van der Waals surface area contributed by atoms with E-state index in [1.54, 1.807) is 0 Å². The molecule has 1 rings (SSSR count). The Morgan fingerprint density at radius 2 is 2.07 bits per heavy atom. The van der Waals surface area contributed by atoms with Crippen LogP contribution >= 0.6 is 11.6 Å². The first-order valence-corrected chi connectivity index (χ1v) is 5.16. The van der Waals surface area contributed by atoms with Gasteiger partial charge in [-0.15, -0.1) is 0 Å². The molecule has 0 aromatic heterocycles. The summed E-state index contributed by atoms with van der Waals surface area (Å²) in [5.41, 5.74) is 2.08. The maximum absolute atomic E-state index is 11.5. The number of benzene rings is 1. The zero-order valence-corrected chi connectivity index (χ0v) is 9.56. The summed E-state index contributed by atoms with van der Waals surface area (Å²) in [6, 6.07) is 5.73. The van der Waals surface area contributed by atoms with Crippen LogP contribution in [0.15, 0.2) is 18.2 Å². The van der Waals surface area contributed by atoms with Gasteiger partial charge in [0.05, 0.1) is 0 Å². The second-order valence-electron chi connectivity index (χ2n) is 3.88. The summed E-state index contributed by atoms with van der Waals surface area (Å²) in [6.07, 6.45) is 0.510. The Morgan fingerprint density at radius 1 is 1.43 bits per heavy atom. The highest BCUT2D eigenvalue weighted by atomic mass is 35.5. The number of hydrogen-bond acceptors (Lipinski definition) is 1. The van der Waals surface area contributed by atoms with Gasteiger partial charge in [-0.1, -0.05) is 37.6 Å². The van der Waals surface area contributed by atoms with Crippen molar-refractivity contribution in [3.05, 3.63) is 34.3 Å². The number of carbonyl (C=O) groups is 1. The van der Waals surface area contributed by atoms with Crippen molar-refractivity contribution >= 4 is 17.4 Å². The summed E-state index contributed by atoms with van der Waals surface area (Å²) in [6.45, 7) is 5.79. The zero-order chi connectivity index (χ0) is 10.7. The predicted octanol–water partition coefficient (Wildman–Crippen LogP) is 3.42. The lowest BCUT2D eigenvalue weighted by atomic mass is 10.00. The minimum Gasteiger partial charge on any atom is -0.299 e. The van der Waals surface area contributed by atoms with Gasteiger partial charge in [0.25, 0.3) is 0 Å². The van der Waals surface area contributed by atoms with E-state index in [1.807, 2.05) is 39.0 Å². The van der Waals surface area contributed by atoms with Crippen molar-refractivity contribution in [1.29, 1.82) is 0 Å². The lowest BCUT2D eigenvalue weighted by Gasteiger charge is -2.05. The number of ketones is 1. The van der Waals surface area contributed by atoms with Crippen molar-refractivity contribution in [3.8, 4) is 0 Å². The van der Waals surface area contributed by atoms with Crippen LogP contribution in [0.5, 0.6) is 0 Å². The van der Waals surface area contributed by atoms with Gasteiger partial charge in [0, 0.05) is 17.4 Å². The van der Waals surface area contributed by atoms with Crippen molar-refractivity contribution in [1.82, 2.24) is 0 Å². The number of rotatable bonds is 3. The fourth-order valence-electron chi connectivity index (χ4n) is 1.22. The summed E-state index contributed by atoms with van der Waals surface area (Å²) in [4.78, 5) is 11.5. The first-order valence-electron chi connectivity index (χ1n) is 4.78. The predicted molar refractivity (Wildman–Crippen MR) is 59.7 cm³/mol. The topological polar surface area (TPSA) is 17.1 Å². The molecule has 0 saturated heterocycles. The Morgan fingerprint density at radius 3 is 2.57 bits per heavy atom. The monoisotopic (exact) mass is 210 g/mol. The van der Waals surface area contributed by atoms with Crippen LogP contribution in [0.1, 0.15) is 25.0 Å². The fourth-order valence-corrected chi connectivity index (χ4v) is 1.34. The lowest BCUT2D eigenvalue weighted by molar-refractivity contribution is -0.121. The summed E-state index contributed by atoms with van der Waals surface area (Å²) in [7, 11) is 0.